The number of halogens is 6. The Kier molecular flexibility index (Phi) is 8.85. The van der Waals surface area contributed by atoms with Gasteiger partial charge in [0.1, 0.15) is 34.8 Å². The second kappa shape index (κ2) is 12.7. The molecule has 9 nitrogen and oxygen atoms in total. The summed E-state index contributed by atoms with van der Waals surface area (Å²) in [4.78, 5) is 15.2. The highest BCUT2D eigenvalue weighted by molar-refractivity contribution is 5.96. The van der Waals surface area contributed by atoms with Gasteiger partial charge >= 0.3 is 12.2 Å². The predicted octanol–water partition coefficient (Wildman–Crippen LogP) is 6.42. The molecule has 0 aliphatic carbocycles. The Bertz CT molecular complexity index is 1760. The summed E-state index contributed by atoms with van der Waals surface area (Å²) in [6.07, 6.45) is 0.131. The second-order valence-electron chi connectivity index (χ2n) is 12.0. The third kappa shape index (κ3) is 6.36. The van der Waals surface area contributed by atoms with E-state index in [-0.39, 0.29) is 54.2 Å². The molecule has 47 heavy (non-hydrogen) atoms. The van der Waals surface area contributed by atoms with Crippen LogP contribution in [0.5, 0.6) is 11.9 Å². The number of fused-ring (bicyclic) bond motifs is 1. The Morgan fingerprint density at radius 2 is 1.89 bits per heavy atom. The fourth-order valence-corrected chi connectivity index (χ4v) is 6.45. The van der Waals surface area contributed by atoms with Gasteiger partial charge in [-0.2, -0.15) is 23.1 Å². The number of pyridine rings is 1. The van der Waals surface area contributed by atoms with Gasteiger partial charge in [-0.1, -0.05) is 6.08 Å². The Hall–Kier alpha value is -4.27. The van der Waals surface area contributed by atoms with Crippen LogP contribution >= 0.6 is 0 Å². The molecule has 3 aliphatic rings. The van der Waals surface area contributed by atoms with Gasteiger partial charge in [-0.25, -0.2) is 18.2 Å². The van der Waals surface area contributed by atoms with E-state index in [0.29, 0.717) is 25.9 Å². The summed E-state index contributed by atoms with van der Waals surface area (Å²) < 4.78 is 100. The molecular weight excluding hydrogens is 628 g/mol. The number of anilines is 2. The molecule has 6 rings (SSSR count). The van der Waals surface area contributed by atoms with E-state index < -0.39 is 57.5 Å². The lowest BCUT2D eigenvalue weighted by atomic mass is 9.96. The molecule has 2 aromatic heterocycles. The largest absolute Gasteiger partial charge is 0.474 e. The van der Waals surface area contributed by atoms with Crippen molar-refractivity contribution in [3.63, 3.8) is 0 Å². The van der Waals surface area contributed by atoms with Gasteiger partial charge in [-0.15, -0.1) is 0 Å². The molecule has 3 atom stereocenters. The summed E-state index contributed by atoms with van der Waals surface area (Å²) in [7, 11) is 0. The number of alkyl halides is 3. The van der Waals surface area contributed by atoms with E-state index in [9.17, 15) is 22.0 Å². The lowest BCUT2D eigenvalue weighted by Gasteiger charge is -2.31. The summed E-state index contributed by atoms with van der Waals surface area (Å²) in [5.41, 5.74) is 1.82. The molecule has 4 N–H and O–H groups in total. The number of nitrogen functional groups attached to an aromatic ring is 1. The summed E-state index contributed by atoms with van der Waals surface area (Å²) in [5.74, 6) is -2.74. The SMILES string of the molecule is C/C=C1/CNc2nc(OCC3CCC4C=C(F)CCN43)nc3c(F)c(-c4cc(N)c(F)c(C)c4C(F)(F)F)nc(c23)O[C@@H](C)CCN1. The average Bonchev–Trinajstić information content (AvgIpc) is 3.41. The third-order valence-electron chi connectivity index (χ3n) is 8.89. The summed E-state index contributed by atoms with van der Waals surface area (Å²) >= 11 is 0. The number of rotatable bonds is 4. The van der Waals surface area contributed by atoms with Crippen molar-refractivity contribution in [3.8, 4) is 23.1 Å². The molecule has 0 amide bonds. The molecule has 0 spiro atoms. The van der Waals surface area contributed by atoms with E-state index in [1.807, 2.05) is 13.0 Å². The minimum absolute atomic E-state index is 0.000686. The summed E-state index contributed by atoms with van der Waals surface area (Å²) in [5, 5.41) is 6.44. The fraction of sp³-hybridized carbons (Fsp3) is 0.469. The average molecular weight is 664 g/mol. The zero-order chi connectivity index (χ0) is 33.6. The molecule has 5 heterocycles. The maximum atomic E-state index is 16.7. The lowest BCUT2D eigenvalue weighted by Crippen LogP contribution is -2.41. The van der Waals surface area contributed by atoms with Gasteiger partial charge in [0.2, 0.25) is 5.88 Å². The van der Waals surface area contributed by atoms with Crippen molar-refractivity contribution < 1.29 is 35.8 Å². The van der Waals surface area contributed by atoms with Crippen LogP contribution in [-0.2, 0) is 6.18 Å². The van der Waals surface area contributed by atoms with E-state index in [1.54, 1.807) is 13.0 Å². The summed E-state index contributed by atoms with van der Waals surface area (Å²) in [6.45, 7) is 5.89. The predicted molar refractivity (Wildman–Crippen MR) is 165 cm³/mol. The number of nitrogens with zero attached hydrogens (tertiary/aromatic N) is 4. The van der Waals surface area contributed by atoms with Crippen molar-refractivity contribution in [2.45, 2.75) is 70.8 Å². The van der Waals surface area contributed by atoms with Crippen molar-refractivity contribution in [1.29, 1.82) is 0 Å². The first-order valence-electron chi connectivity index (χ1n) is 15.5. The Labute approximate surface area is 267 Å². The number of nitrogens with two attached hydrogens (primary N) is 1. The van der Waals surface area contributed by atoms with Crippen molar-refractivity contribution >= 4 is 22.4 Å². The Morgan fingerprint density at radius 3 is 2.64 bits per heavy atom. The van der Waals surface area contributed by atoms with Gasteiger partial charge in [0.15, 0.2) is 5.82 Å². The van der Waals surface area contributed by atoms with Crippen LogP contribution in [0, 0.1) is 18.6 Å². The van der Waals surface area contributed by atoms with Crippen LogP contribution < -0.4 is 25.8 Å². The molecule has 1 saturated heterocycles. The Morgan fingerprint density at radius 1 is 1.11 bits per heavy atom. The van der Waals surface area contributed by atoms with Gasteiger partial charge in [-0.3, -0.25) is 4.90 Å². The van der Waals surface area contributed by atoms with Gasteiger partial charge in [0.05, 0.1) is 29.7 Å². The number of nitrogens with one attached hydrogen (secondary N) is 2. The van der Waals surface area contributed by atoms with Crippen LogP contribution in [0.25, 0.3) is 22.2 Å². The quantitative estimate of drug-likeness (QED) is 0.215. The van der Waals surface area contributed by atoms with Crippen LogP contribution in [0.3, 0.4) is 0 Å². The van der Waals surface area contributed by atoms with E-state index in [1.165, 1.54) is 0 Å². The first-order chi connectivity index (χ1) is 22.3. The molecule has 252 valence electrons. The highest BCUT2D eigenvalue weighted by Gasteiger charge is 2.40. The molecule has 1 aromatic carbocycles. The van der Waals surface area contributed by atoms with E-state index in [4.69, 9.17) is 15.2 Å². The minimum atomic E-state index is -5.07. The molecular formula is C32H35F6N7O2. The van der Waals surface area contributed by atoms with Gasteiger partial charge in [-0.05, 0) is 51.3 Å². The third-order valence-corrected chi connectivity index (χ3v) is 8.89. The number of hydrogen-bond acceptors (Lipinski definition) is 9. The number of benzene rings is 1. The lowest BCUT2D eigenvalue weighted by molar-refractivity contribution is -0.137. The molecule has 1 fully saturated rings. The van der Waals surface area contributed by atoms with Crippen molar-refractivity contribution in [2.75, 3.05) is 37.3 Å². The molecule has 0 saturated carbocycles. The first kappa shape index (κ1) is 32.7. The van der Waals surface area contributed by atoms with Crippen LogP contribution in [-0.4, -0.2) is 64.3 Å². The van der Waals surface area contributed by atoms with Crippen molar-refractivity contribution in [1.82, 2.24) is 25.2 Å². The van der Waals surface area contributed by atoms with E-state index in [2.05, 4.69) is 30.5 Å². The summed E-state index contributed by atoms with van der Waals surface area (Å²) in [6, 6.07) is 0.365. The number of hydrogen-bond donors (Lipinski definition) is 3. The first-order valence-corrected chi connectivity index (χ1v) is 15.5. The highest BCUT2D eigenvalue weighted by Crippen LogP contribution is 2.45. The second-order valence-corrected chi connectivity index (χ2v) is 12.0. The van der Waals surface area contributed by atoms with Crippen LogP contribution in [0.2, 0.25) is 0 Å². The Balaban J connectivity index is 1.51. The van der Waals surface area contributed by atoms with Crippen LogP contribution in [0.1, 0.15) is 50.7 Å². The smallest absolute Gasteiger partial charge is 0.417 e. The molecule has 3 aliphatic heterocycles. The zero-order valence-corrected chi connectivity index (χ0v) is 26.1. The number of aromatic nitrogens is 3. The van der Waals surface area contributed by atoms with Crippen LogP contribution in [0.4, 0.5) is 37.8 Å². The van der Waals surface area contributed by atoms with Gasteiger partial charge in [0, 0.05) is 49.3 Å². The number of allylic oxidation sites excluding steroid dienone is 1. The van der Waals surface area contributed by atoms with Crippen molar-refractivity contribution in [2.24, 2.45) is 0 Å². The van der Waals surface area contributed by atoms with E-state index >= 15 is 4.39 Å². The molecule has 15 heteroatoms. The normalized spacial score (nSPS) is 23.0. The molecule has 0 bridgehead atoms. The maximum absolute atomic E-state index is 16.7. The minimum Gasteiger partial charge on any atom is -0.474 e. The van der Waals surface area contributed by atoms with Gasteiger partial charge in [0.25, 0.3) is 0 Å². The molecule has 0 radical (unpaired) electrons. The van der Waals surface area contributed by atoms with Crippen molar-refractivity contribution in [3.05, 3.63) is 52.5 Å². The fourth-order valence-electron chi connectivity index (χ4n) is 6.45. The van der Waals surface area contributed by atoms with E-state index in [0.717, 1.165) is 31.5 Å². The maximum Gasteiger partial charge on any atom is 0.417 e. The zero-order valence-electron chi connectivity index (χ0n) is 26.1. The highest BCUT2D eigenvalue weighted by atomic mass is 19.4. The molecule has 3 aromatic rings. The van der Waals surface area contributed by atoms with Crippen LogP contribution in [0.15, 0.2) is 29.7 Å². The topological polar surface area (TPSA) is 110 Å². The van der Waals surface area contributed by atoms with Gasteiger partial charge < -0.3 is 25.8 Å². The molecule has 2 unspecified atom stereocenters. The number of ether oxygens (including phenoxy) is 2. The monoisotopic (exact) mass is 663 g/mol. The standard InChI is InChI=1S/C32H35F6N7O2/c1-4-18-13-41-29-23-28(43-31(44-29)46-14-20-6-5-19-11-17(33)8-10-45(19)20)26(35)27(42-30(23)47-15(2)7-9-40-18)21-12-22(39)25(34)16(3)24(21)32(36,37)38/h4,11-12,15,19-20,40H,5-10,13-14,39H2,1-3H3,(H,41,43,44)/b18-4-/t15-,19?,20?/m0/s1.